The molecule has 3 N–H and O–H groups in total. The number of amides is 1. The molecule has 0 saturated carbocycles. The van der Waals surface area contributed by atoms with Crippen LogP contribution in [0.1, 0.15) is 78.8 Å². The second-order valence-corrected chi connectivity index (χ2v) is 9.30. The summed E-state index contributed by atoms with van der Waals surface area (Å²) in [4.78, 5) is 23.9. The fourth-order valence-corrected chi connectivity index (χ4v) is 4.31. The molecule has 1 aliphatic rings. The Morgan fingerprint density at radius 2 is 1.74 bits per heavy atom. The van der Waals surface area contributed by atoms with E-state index in [4.69, 9.17) is 9.47 Å². The molecular weight excluding hydrogens is 492 g/mol. The number of carbonyl (C=O) groups excluding carboxylic acids is 2. The van der Waals surface area contributed by atoms with Crippen molar-refractivity contribution in [1.82, 2.24) is 10.7 Å². The van der Waals surface area contributed by atoms with Gasteiger partial charge in [0.05, 0.1) is 19.1 Å². The molecule has 0 fully saturated rings. The Balaban J connectivity index is 1.35. The molecule has 1 heterocycles. The SMILES string of the molecule is CCCCC(Nc1ccc(C2=NNC(c3ccccc3)O2)cc1)c1ccc(C(=O)NCCC(=O)OCC)cc1. The van der Waals surface area contributed by atoms with Crippen LogP contribution in [0.3, 0.4) is 0 Å². The van der Waals surface area contributed by atoms with Crippen LogP contribution >= 0.6 is 0 Å². The Labute approximate surface area is 229 Å². The number of hydrogen-bond donors (Lipinski definition) is 3. The number of rotatable bonds is 13. The molecule has 0 aliphatic carbocycles. The van der Waals surface area contributed by atoms with Crippen molar-refractivity contribution < 1.29 is 19.1 Å². The highest BCUT2D eigenvalue weighted by Gasteiger charge is 2.22. The summed E-state index contributed by atoms with van der Waals surface area (Å²) in [5.74, 6) is 0.0393. The van der Waals surface area contributed by atoms with Crippen LogP contribution in [0, 0.1) is 0 Å². The molecule has 204 valence electrons. The average Bonchev–Trinajstić information content (AvgIpc) is 3.47. The number of esters is 1. The number of unbranched alkanes of at least 4 members (excludes halogenated alkanes) is 1. The molecule has 8 heteroatoms. The summed E-state index contributed by atoms with van der Waals surface area (Å²) in [6.07, 6.45) is 2.98. The predicted octanol–water partition coefficient (Wildman–Crippen LogP) is 5.69. The van der Waals surface area contributed by atoms with Gasteiger partial charge in [0.1, 0.15) is 0 Å². The number of anilines is 1. The first-order valence-electron chi connectivity index (χ1n) is 13.5. The van der Waals surface area contributed by atoms with E-state index < -0.39 is 0 Å². The molecule has 0 bridgehead atoms. The van der Waals surface area contributed by atoms with Crippen molar-refractivity contribution in [2.24, 2.45) is 5.10 Å². The van der Waals surface area contributed by atoms with E-state index in [1.807, 2.05) is 78.9 Å². The lowest BCUT2D eigenvalue weighted by atomic mass is 9.99. The third-order valence-corrected chi connectivity index (χ3v) is 6.43. The van der Waals surface area contributed by atoms with Crippen LogP contribution in [-0.2, 0) is 14.3 Å². The lowest BCUT2D eigenvalue weighted by Gasteiger charge is -2.21. The topological polar surface area (TPSA) is 101 Å². The first-order valence-corrected chi connectivity index (χ1v) is 13.5. The molecule has 0 radical (unpaired) electrons. The van der Waals surface area contributed by atoms with Gasteiger partial charge in [0, 0.05) is 28.9 Å². The van der Waals surface area contributed by atoms with E-state index in [2.05, 4.69) is 28.1 Å². The summed E-state index contributed by atoms with van der Waals surface area (Å²) in [6.45, 7) is 4.52. The molecule has 39 heavy (non-hydrogen) atoms. The quantitative estimate of drug-likeness (QED) is 0.246. The van der Waals surface area contributed by atoms with Crippen molar-refractivity contribution in [3.63, 3.8) is 0 Å². The lowest BCUT2D eigenvalue weighted by Crippen LogP contribution is -2.26. The summed E-state index contributed by atoms with van der Waals surface area (Å²) < 4.78 is 10.9. The molecule has 2 atom stereocenters. The Morgan fingerprint density at radius 3 is 2.44 bits per heavy atom. The molecule has 4 rings (SSSR count). The van der Waals surface area contributed by atoms with Crippen LogP contribution < -0.4 is 16.1 Å². The van der Waals surface area contributed by atoms with Crippen molar-refractivity contribution in [3.05, 3.63) is 101 Å². The summed E-state index contributed by atoms with van der Waals surface area (Å²) in [5, 5.41) is 10.8. The fourth-order valence-electron chi connectivity index (χ4n) is 4.31. The summed E-state index contributed by atoms with van der Waals surface area (Å²) in [5.41, 5.74) is 7.62. The van der Waals surface area contributed by atoms with Crippen LogP contribution in [-0.4, -0.2) is 30.9 Å². The Hall–Kier alpha value is -4.33. The molecule has 1 amide bonds. The minimum atomic E-state index is -0.317. The van der Waals surface area contributed by atoms with E-state index >= 15 is 0 Å². The van der Waals surface area contributed by atoms with Crippen molar-refractivity contribution in [2.75, 3.05) is 18.5 Å². The zero-order chi connectivity index (χ0) is 27.5. The standard InChI is InChI=1S/C31H36N4O4/c1-3-5-11-27(22-12-14-23(15-13-22)29(37)32-21-20-28(36)38-4-2)33-26-18-16-25(17-19-26)31-35-34-30(39-31)24-9-7-6-8-10-24/h6-10,12-19,27,30,33-34H,3-5,11,20-21H2,1-2H3,(H,32,37). The monoisotopic (exact) mass is 528 g/mol. The van der Waals surface area contributed by atoms with Gasteiger partial charge >= 0.3 is 5.97 Å². The van der Waals surface area contributed by atoms with Gasteiger partial charge in [-0.1, -0.05) is 62.2 Å². The zero-order valence-electron chi connectivity index (χ0n) is 22.5. The number of carbonyl (C=O) groups is 2. The fraction of sp³-hybridized carbons (Fsp3) is 0.323. The van der Waals surface area contributed by atoms with E-state index in [0.29, 0.717) is 18.1 Å². The van der Waals surface area contributed by atoms with Crippen LogP contribution in [0.4, 0.5) is 5.69 Å². The molecular formula is C31H36N4O4. The highest BCUT2D eigenvalue weighted by Crippen LogP contribution is 2.27. The summed E-state index contributed by atoms with van der Waals surface area (Å²) in [6, 6.07) is 25.7. The maximum Gasteiger partial charge on any atom is 0.307 e. The minimum Gasteiger partial charge on any atom is -0.466 e. The van der Waals surface area contributed by atoms with Gasteiger partial charge in [0.2, 0.25) is 12.1 Å². The van der Waals surface area contributed by atoms with Gasteiger partial charge in [-0.05, 0) is 55.3 Å². The first-order chi connectivity index (χ1) is 19.1. The highest BCUT2D eigenvalue weighted by atomic mass is 16.5. The van der Waals surface area contributed by atoms with Crippen molar-refractivity contribution in [2.45, 2.75) is 51.8 Å². The Bertz CT molecular complexity index is 1240. The maximum absolute atomic E-state index is 12.5. The van der Waals surface area contributed by atoms with Gasteiger partial charge in [-0.15, -0.1) is 5.10 Å². The predicted molar refractivity (Wildman–Crippen MR) is 152 cm³/mol. The normalized spacial score (nSPS) is 14.9. The molecule has 0 saturated heterocycles. The molecule has 0 aromatic heterocycles. The lowest BCUT2D eigenvalue weighted by molar-refractivity contribution is -0.142. The van der Waals surface area contributed by atoms with Gasteiger partial charge in [0.25, 0.3) is 5.91 Å². The van der Waals surface area contributed by atoms with Crippen LogP contribution in [0.5, 0.6) is 0 Å². The van der Waals surface area contributed by atoms with Gasteiger partial charge in [-0.3, -0.25) is 15.0 Å². The van der Waals surface area contributed by atoms with Crippen molar-refractivity contribution >= 4 is 23.5 Å². The number of hydrazone groups is 1. The molecule has 3 aromatic rings. The summed E-state index contributed by atoms with van der Waals surface area (Å²) >= 11 is 0. The highest BCUT2D eigenvalue weighted by molar-refractivity contribution is 5.95. The van der Waals surface area contributed by atoms with Crippen molar-refractivity contribution in [1.29, 1.82) is 0 Å². The smallest absolute Gasteiger partial charge is 0.307 e. The largest absolute Gasteiger partial charge is 0.466 e. The van der Waals surface area contributed by atoms with E-state index in [1.165, 1.54) is 0 Å². The third kappa shape index (κ3) is 7.83. The third-order valence-electron chi connectivity index (χ3n) is 6.43. The number of ether oxygens (including phenoxy) is 2. The molecule has 1 aliphatic heterocycles. The number of nitrogens with one attached hydrogen (secondary N) is 3. The van der Waals surface area contributed by atoms with Gasteiger partial charge < -0.3 is 20.1 Å². The van der Waals surface area contributed by atoms with E-state index in [0.717, 1.165) is 41.6 Å². The van der Waals surface area contributed by atoms with Gasteiger partial charge in [-0.25, -0.2) is 0 Å². The van der Waals surface area contributed by atoms with E-state index in [9.17, 15) is 9.59 Å². The minimum absolute atomic E-state index is 0.0981. The average molecular weight is 529 g/mol. The number of benzene rings is 3. The number of nitrogens with zero attached hydrogens (tertiary/aromatic N) is 1. The maximum atomic E-state index is 12.5. The van der Waals surface area contributed by atoms with Gasteiger partial charge in [0.15, 0.2) is 0 Å². The van der Waals surface area contributed by atoms with E-state index in [1.54, 1.807) is 6.92 Å². The van der Waals surface area contributed by atoms with Crippen LogP contribution in [0.25, 0.3) is 0 Å². The van der Waals surface area contributed by atoms with Crippen LogP contribution in [0.2, 0.25) is 0 Å². The molecule has 8 nitrogen and oxygen atoms in total. The number of hydrogen-bond acceptors (Lipinski definition) is 7. The molecule has 3 aromatic carbocycles. The van der Waals surface area contributed by atoms with Gasteiger partial charge in [-0.2, -0.15) is 0 Å². The van der Waals surface area contributed by atoms with Crippen LogP contribution in [0.15, 0.2) is 84.0 Å². The Morgan fingerprint density at radius 1 is 1.00 bits per heavy atom. The Kier molecular flexibility index (Phi) is 9.94. The van der Waals surface area contributed by atoms with E-state index in [-0.39, 0.29) is 37.1 Å². The first kappa shape index (κ1) is 27.7. The second-order valence-electron chi connectivity index (χ2n) is 9.30. The molecule has 0 spiro atoms. The van der Waals surface area contributed by atoms with Crippen molar-refractivity contribution in [3.8, 4) is 0 Å². The molecule has 2 unspecified atom stereocenters. The zero-order valence-corrected chi connectivity index (χ0v) is 22.5. The summed E-state index contributed by atoms with van der Waals surface area (Å²) in [7, 11) is 0. The second kappa shape index (κ2) is 14.0.